The van der Waals surface area contributed by atoms with E-state index in [1.165, 1.54) is 30.3 Å². The Balaban J connectivity index is 1.49. The van der Waals surface area contributed by atoms with E-state index in [1.54, 1.807) is 43.5 Å². The Bertz CT molecular complexity index is 1310. The SMILES string of the molecule is COCCc1ccc(-c2ccc3c(F)c(CCc4ccc(OC(F)(F)F)cc4)ccc3c2)c(F)c1. The molecule has 0 amide bonds. The molecule has 0 saturated carbocycles. The third kappa shape index (κ3) is 6.17. The van der Waals surface area contributed by atoms with Crippen molar-refractivity contribution in [2.45, 2.75) is 25.6 Å². The van der Waals surface area contributed by atoms with Crippen LogP contribution in [0, 0.1) is 11.6 Å². The molecule has 4 rings (SSSR count). The van der Waals surface area contributed by atoms with Crippen LogP contribution in [0.1, 0.15) is 16.7 Å². The molecule has 35 heavy (non-hydrogen) atoms. The van der Waals surface area contributed by atoms with Gasteiger partial charge in [0.25, 0.3) is 0 Å². The fraction of sp³-hybridized carbons (Fsp3) is 0.214. The summed E-state index contributed by atoms with van der Waals surface area (Å²) in [5.41, 5.74) is 3.19. The highest BCUT2D eigenvalue weighted by atomic mass is 19.4. The zero-order chi connectivity index (χ0) is 25.0. The number of fused-ring (bicyclic) bond motifs is 1. The summed E-state index contributed by atoms with van der Waals surface area (Å²) in [6.07, 6.45) is -3.30. The highest BCUT2D eigenvalue weighted by Crippen LogP contribution is 2.30. The predicted molar refractivity (Wildman–Crippen MR) is 125 cm³/mol. The topological polar surface area (TPSA) is 18.5 Å². The summed E-state index contributed by atoms with van der Waals surface area (Å²) >= 11 is 0. The quantitative estimate of drug-likeness (QED) is 0.238. The Morgan fingerprint density at radius 3 is 2.17 bits per heavy atom. The smallest absolute Gasteiger partial charge is 0.406 e. The van der Waals surface area contributed by atoms with Crippen LogP contribution in [-0.4, -0.2) is 20.1 Å². The molecule has 0 spiro atoms. The van der Waals surface area contributed by atoms with Crippen molar-refractivity contribution >= 4 is 10.8 Å². The molecule has 4 aromatic rings. The first-order valence-corrected chi connectivity index (χ1v) is 11.1. The molecule has 0 fully saturated rings. The van der Waals surface area contributed by atoms with Gasteiger partial charge >= 0.3 is 6.36 Å². The molecule has 2 nitrogen and oxygen atoms in total. The van der Waals surface area contributed by atoms with Crippen molar-refractivity contribution in [2.24, 2.45) is 0 Å². The summed E-state index contributed by atoms with van der Waals surface area (Å²) in [4.78, 5) is 0. The Hall–Kier alpha value is -3.45. The van der Waals surface area contributed by atoms with Crippen LogP contribution in [0.25, 0.3) is 21.9 Å². The molecule has 0 atom stereocenters. The molecule has 0 unspecified atom stereocenters. The minimum absolute atomic E-state index is 0.296. The Labute approximate surface area is 199 Å². The molecule has 0 aromatic heterocycles. The number of alkyl halides is 3. The largest absolute Gasteiger partial charge is 0.573 e. The van der Waals surface area contributed by atoms with Crippen LogP contribution in [0.4, 0.5) is 22.0 Å². The summed E-state index contributed by atoms with van der Waals surface area (Å²) in [6.45, 7) is 0.508. The lowest BCUT2D eigenvalue weighted by molar-refractivity contribution is -0.274. The van der Waals surface area contributed by atoms with E-state index in [0.29, 0.717) is 53.3 Å². The fourth-order valence-corrected chi connectivity index (χ4v) is 4.00. The molecule has 0 saturated heterocycles. The van der Waals surface area contributed by atoms with Crippen molar-refractivity contribution in [3.63, 3.8) is 0 Å². The molecular formula is C28H23F5O2. The third-order valence-corrected chi connectivity index (χ3v) is 5.81. The number of ether oxygens (including phenoxy) is 2. The molecule has 7 heteroatoms. The van der Waals surface area contributed by atoms with Gasteiger partial charge in [0.05, 0.1) is 6.61 Å². The van der Waals surface area contributed by atoms with Crippen molar-refractivity contribution < 1.29 is 31.4 Å². The maximum Gasteiger partial charge on any atom is 0.573 e. The molecule has 182 valence electrons. The maximum absolute atomic E-state index is 15.2. The Morgan fingerprint density at radius 2 is 1.49 bits per heavy atom. The number of hydrogen-bond donors (Lipinski definition) is 0. The molecule has 0 N–H and O–H groups in total. The number of methoxy groups -OCH3 is 1. The van der Waals surface area contributed by atoms with Gasteiger partial charge < -0.3 is 9.47 Å². The van der Waals surface area contributed by atoms with Gasteiger partial charge in [0.15, 0.2) is 0 Å². The summed E-state index contributed by atoms with van der Waals surface area (Å²) in [7, 11) is 1.60. The average molecular weight is 486 g/mol. The second-order valence-electron chi connectivity index (χ2n) is 8.22. The van der Waals surface area contributed by atoms with E-state index in [-0.39, 0.29) is 17.4 Å². The minimum Gasteiger partial charge on any atom is -0.406 e. The van der Waals surface area contributed by atoms with Crippen LogP contribution in [0.5, 0.6) is 5.75 Å². The standard InChI is InChI=1S/C28H23F5O2/c1-34-15-14-19-5-12-24(26(29)16-19)21-9-13-25-22(17-21)8-7-20(27(25)30)6-2-18-3-10-23(11-4-18)35-28(31,32)33/h3-5,7-13,16-17H,2,6,14-15H2,1H3. The number of hydrogen-bond acceptors (Lipinski definition) is 2. The highest BCUT2D eigenvalue weighted by Gasteiger charge is 2.30. The van der Waals surface area contributed by atoms with Crippen LogP contribution in [-0.2, 0) is 24.0 Å². The van der Waals surface area contributed by atoms with Gasteiger partial charge in [-0.3, -0.25) is 0 Å². The molecule has 0 aliphatic rings. The highest BCUT2D eigenvalue weighted by molar-refractivity contribution is 5.88. The van der Waals surface area contributed by atoms with Crippen LogP contribution in [0.3, 0.4) is 0 Å². The zero-order valence-electron chi connectivity index (χ0n) is 19.0. The Morgan fingerprint density at radius 1 is 0.743 bits per heavy atom. The lowest BCUT2D eigenvalue weighted by Gasteiger charge is -2.11. The van der Waals surface area contributed by atoms with Gasteiger partial charge in [-0.1, -0.05) is 48.5 Å². The second kappa shape index (κ2) is 10.4. The number of halogens is 5. The molecule has 0 bridgehead atoms. The van der Waals surface area contributed by atoms with E-state index in [1.807, 2.05) is 6.07 Å². The summed E-state index contributed by atoms with van der Waals surface area (Å²) in [6, 6.07) is 19.2. The first kappa shape index (κ1) is 24.7. The van der Waals surface area contributed by atoms with Gasteiger partial charge in [-0.05, 0) is 71.2 Å². The van der Waals surface area contributed by atoms with Crippen LogP contribution < -0.4 is 4.74 Å². The molecule has 0 aliphatic heterocycles. The van der Waals surface area contributed by atoms with Crippen LogP contribution in [0.15, 0.2) is 72.8 Å². The van der Waals surface area contributed by atoms with E-state index >= 15 is 4.39 Å². The van der Waals surface area contributed by atoms with Crippen molar-refractivity contribution in [1.29, 1.82) is 0 Å². The lowest BCUT2D eigenvalue weighted by Crippen LogP contribution is -2.17. The summed E-state index contributed by atoms with van der Waals surface area (Å²) in [5, 5.41) is 1.08. The lowest BCUT2D eigenvalue weighted by atomic mass is 9.96. The number of rotatable bonds is 8. The van der Waals surface area contributed by atoms with E-state index in [2.05, 4.69) is 4.74 Å². The summed E-state index contributed by atoms with van der Waals surface area (Å²) < 4.78 is 75.7. The van der Waals surface area contributed by atoms with Crippen molar-refractivity contribution in [3.8, 4) is 16.9 Å². The maximum atomic E-state index is 15.2. The summed E-state index contributed by atoms with van der Waals surface area (Å²) in [5.74, 6) is -1.00. The second-order valence-corrected chi connectivity index (χ2v) is 8.22. The van der Waals surface area contributed by atoms with E-state index in [9.17, 15) is 17.6 Å². The van der Waals surface area contributed by atoms with Gasteiger partial charge in [0.2, 0.25) is 0 Å². The Kier molecular flexibility index (Phi) is 7.36. The van der Waals surface area contributed by atoms with E-state index in [4.69, 9.17) is 4.74 Å². The fourth-order valence-electron chi connectivity index (χ4n) is 4.00. The van der Waals surface area contributed by atoms with Crippen LogP contribution in [0.2, 0.25) is 0 Å². The van der Waals surface area contributed by atoms with E-state index < -0.39 is 6.36 Å². The van der Waals surface area contributed by atoms with Gasteiger partial charge in [-0.15, -0.1) is 13.2 Å². The van der Waals surface area contributed by atoms with Crippen LogP contribution >= 0.6 is 0 Å². The monoisotopic (exact) mass is 486 g/mol. The number of aryl methyl sites for hydroxylation is 2. The first-order chi connectivity index (χ1) is 16.7. The molecule has 0 heterocycles. The normalized spacial score (nSPS) is 11.7. The van der Waals surface area contributed by atoms with E-state index in [0.717, 1.165) is 11.1 Å². The first-order valence-electron chi connectivity index (χ1n) is 11.1. The number of benzene rings is 4. The molecule has 0 radical (unpaired) electrons. The average Bonchev–Trinajstić information content (AvgIpc) is 2.82. The third-order valence-electron chi connectivity index (χ3n) is 5.81. The molecule has 0 aliphatic carbocycles. The minimum atomic E-state index is -4.74. The van der Waals surface area contributed by atoms with Crippen molar-refractivity contribution in [1.82, 2.24) is 0 Å². The predicted octanol–water partition coefficient (Wildman–Crippen LogP) is 7.66. The molecule has 4 aromatic carbocycles. The van der Waals surface area contributed by atoms with Gasteiger partial charge in [-0.25, -0.2) is 8.78 Å². The van der Waals surface area contributed by atoms with Gasteiger partial charge in [-0.2, -0.15) is 0 Å². The van der Waals surface area contributed by atoms with Gasteiger partial charge in [0, 0.05) is 18.1 Å². The zero-order valence-corrected chi connectivity index (χ0v) is 19.0. The molecular weight excluding hydrogens is 463 g/mol. The van der Waals surface area contributed by atoms with Crippen molar-refractivity contribution in [3.05, 3.63) is 101 Å². The van der Waals surface area contributed by atoms with Gasteiger partial charge in [0.1, 0.15) is 17.4 Å². The van der Waals surface area contributed by atoms with Crippen molar-refractivity contribution in [2.75, 3.05) is 13.7 Å².